The number of aromatic nitrogens is 3. The molecule has 37 heavy (non-hydrogen) atoms. The number of β-lactam (4-membered cyclic amide) rings is 1. The molecule has 5 rings (SSSR count). The van der Waals surface area contributed by atoms with Crippen molar-refractivity contribution in [3.63, 3.8) is 0 Å². The van der Waals surface area contributed by atoms with E-state index in [1.807, 2.05) is 45.8 Å². The number of oxime groups is 1. The number of nitrogens with one attached hydrogen (secondary N) is 1. The number of nitrogen functional groups attached to an aromatic ring is 1. The van der Waals surface area contributed by atoms with Gasteiger partial charge in [-0.25, -0.2) is 18.7 Å². The minimum Gasteiger partial charge on any atom is -0.477 e. The summed E-state index contributed by atoms with van der Waals surface area (Å²) in [4.78, 5) is 48.7. The molecule has 15 heteroatoms. The van der Waals surface area contributed by atoms with Crippen LogP contribution in [0.15, 0.2) is 58.6 Å². The quantitative estimate of drug-likeness (QED) is 0.0858. The third-order valence-electron chi connectivity index (χ3n) is 5.77. The number of nitrogens with zero attached hydrogens (tertiary/aromatic N) is 5. The predicted octanol–water partition coefficient (Wildman–Crippen LogP) is 0.664. The Morgan fingerprint density at radius 3 is 2.95 bits per heavy atom. The van der Waals surface area contributed by atoms with Gasteiger partial charge in [0.2, 0.25) is 0 Å². The van der Waals surface area contributed by atoms with Gasteiger partial charge in [0.1, 0.15) is 48.4 Å². The molecule has 2 atom stereocenters. The summed E-state index contributed by atoms with van der Waals surface area (Å²) in [6.07, 6.45) is 5.63. The first-order valence-electron chi connectivity index (χ1n) is 11.0. The molecule has 0 aliphatic carbocycles. The highest BCUT2D eigenvalue weighted by atomic mass is 35.5. The van der Waals surface area contributed by atoms with Gasteiger partial charge in [0.25, 0.3) is 17.5 Å². The molecule has 0 unspecified atom stereocenters. The first-order valence-corrected chi connectivity index (χ1v) is 13.5. The number of thioether (sulfide) groups is 1. The smallest absolute Gasteiger partial charge is 0.352 e. The summed E-state index contributed by atoms with van der Waals surface area (Å²) >= 11 is 8.12. The monoisotopic (exact) mass is 562 g/mol. The maximum Gasteiger partial charge on any atom is 0.352 e. The molecular formula is C22H21ClN7O5S2+. The van der Waals surface area contributed by atoms with Crippen LogP contribution in [0.1, 0.15) is 5.69 Å². The number of carboxylic acids is 1. The van der Waals surface area contributed by atoms with Gasteiger partial charge in [0.05, 0.1) is 12.1 Å². The number of anilines is 1. The Hall–Kier alpha value is -3.62. The lowest BCUT2D eigenvalue weighted by molar-refractivity contribution is -0.662. The second-order valence-corrected chi connectivity index (χ2v) is 10.4. The number of carbonyl (C=O) groups excluding carboxylic acids is 2. The summed E-state index contributed by atoms with van der Waals surface area (Å²) in [5.74, 6) is -1.87. The Labute approximate surface area is 223 Å². The van der Waals surface area contributed by atoms with Crippen LogP contribution >= 0.6 is 34.7 Å². The van der Waals surface area contributed by atoms with Crippen LogP contribution in [0.5, 0.6) is 0 Å². The molecule has 12 nitrogen and oxygen atoms in total. The first-order chi connectivity index (χ1) is 17.9. The highest BCUT2D eigenvalue weighted by Crippen LogP contribution is 2.40. The van der Waals surface area contributed by atoms with E-state index in [0.29, 0.717) is 17.9 Å². The summed E-state index contributed by atoms with van der Waals surface area (Å²) in [6, 6.07) is 4.78. The molecule has 0 aromatic carbocycles. The molecule has 5 heterocycles. The van der Waals surface area contributed by atoms with E-state index in [1.54, 1.807) is 5.38 Å². The summed E-state index contributed by atoms with van der Waals surface area (Å²) in [5.41, 5.74) is 7.15. The zero-order valence-electron chi connectivity index (χ0n) is 19.1. The van der Waals surface area contributed by atoms with Crippen molar-refractivity contribution in [1.29, 1.82) is 0 Å². The van der Waals surface area contributed by atoms with Crippen LogP contribution in [-0.2, 0) is 25.8 Å². The van der Waals surface area contributed by atoms with Crippen molar-refractivity contribution in [2.24, 2.45) is 5.16 Å². The fourth-order valence-electron chi connectivity index (χ4n) is 4.14. The zero-order valence-corrected chi connectivity index (χ0v) is 21.5. The standard InChI is InChI=1S/C22H20ClN7O5S2/c23-4-8-35-27-15(13-11-37-22(24)25-13)18(31)26-16-19(32)30-17(21(33)34)12(10-36-20(16)30)9-29-7-6-28-5-2-1-3-14(28)29/h1-3,5-7,11,16,20H,4,8-10H2,(H3-,24,25,26,31,33,34)/p+1/b27-15-/t16-,20-/m1/s1. The van der Waals surface area contributed by atoms with Gasteiger partial charge >= 0.3 is 5.97 Å². The molecule has 3 aromatic rings. The molecule has 0 spiro atoms. The molecule has 2 amide bonds. The Balaban J connectivity index is 1.36. The maximum atomic E-state index is 13.1. The molecule has 2 aliphatic rings. The molecule has 1 fully saturated rings. The van der Waals surface area contributed by atoms with Gasteiger partial charge < -0.3 is 21.0 Å². The van der Waals surface area contributed by atoms with Gasteiger partial charge in [-0.1, -0.05) is 11.2 Å². The number of rotatable bonds is 9. The second kappa shape index (κ2) is 10.4. The lowest BCUT2D eigenvalue weighted by Crippen LogP contribution is -2.71. The van der Waals surface area contributed by atoms with E-state index in [-0.39, 0.29) is 34.7 Å². The van der Waals surface area contributed by atoms with Crippen LogP contribution in [0.2, 0.25) is 0 Å². The highest BCUT2D eigenvalue weighted by Gasteiger charge is 2.54. The van der Waals surface area contributed by atoms with E-state index < -0.39 is 29.2 Å². The van der Waals surface area contributed by atoms with E-state index in [2.05, 4.69) is 15.5 Å². The van der Waals surface area contributed by atoms with Crippen molar-refractivity contribution in [3.8, 4) is 0 Å². The summed E-state index contributed by atoms with van der Waals surface area (Å²) in [5, 5.41) is 17.7. The summed E-state index contributed by atoms with van der Waals surface area (Å²) in [6.45, 7) is 0.375. The fourth-order valence-corrected chi connectivity index (χ4v) is 6.10. The molecular weight excluding hydrogens is 542 g/mol. The Morgan fingerprint density at radius 2 is 2.22 bits per heavy atom. The molecule has 0 radical (unpaired) electrons. The number of hydrogen-bond donors (Lipinski definition) is 3. The number of hydrogen-bond acceptors (Lipinski definition) is 9. The minimum atomic E-state index is -1.20. The van der Waals surface area contributed by atoms with Gasteiger partial charge in [-0.05, 0) is 6.07 Å². The molecule has 4 N–H and O–H groups in total. The lowest BCUT2D eigenvalue weighted by atomic mass is 10.0. The number of imidazole rings is 1. The second-order valence-electron chi connectivity index (χ2n) is 8.04. The summed E-state index contributed by atoms with van der Waals surface area (Å²) in [7, 11) is 0. The largest absolute Gasteiger partial charge is 0.477 e. The number of nitrogens with two attached hydrogens (primary N) is 1. The lowest BCUT2D eigenvalue weighted by Gasteiger charge is -2.49. The average Bonchev–Trinajstić information content (AvgIpc) is 3.50. The average molecular weight is 563 g/mol. The Kier molecular flexibility index (Phi) is 7.04. The van der Waals surface area contributed by atoms with Crippen LogP contribution in [-0.4, -0.2) is 72.5 Å². The van der Waals surface area contributed by atoms with E-state index in [1.165, 1.54) is 16.7 Å². The highest BCUT2D eigenvalue weighted by molar-refractivity contribution is 8.00. The van der Waals surface area contributed by atoms with Gasteiger partial charge in [-0.2, -0.15) is 0 Å². The van der Waals surface area contributed by atoms with E-state index in [9.17, 15) is 19.5 Å². The molecule has 0 saturated carbocycles. The number of halogens is 1. The summed E-state index contributed by atoms with van der Waals surface area (Å²) < 4.78 is 3.85. The van der Waals surface area contributed by atoms with Crippen LogP contribution in [0.25, 0.3) is 5.65 Å². The van der Waals surface area contributed by atoms with Crippen molar-refractivity contribution >= 4 is 69.0 Å². The normalized spacial score (nSPS) is 19.5. The van der Waals surface area contributed by atoms with Crippen molar-refractivity contribution < 1.29 is 28.9 Å². The van der Waals surface area contributed by atoms with Crippen molar-refractivity contribution in [1.82, 2.24) is 19.6 Å². The van der Waals surface area contributed by atoms with Gasteiger partial charge in [0.15, 0.2) is 10.8 Å². The molecule has 1 saturated heterocycles. The van der Waals surface area contributed by atoms with Gasteiger partial charge in [0, 0.05) is 22.8 Å². The topological polar surface area (TPSA) is 155 Å². The predicted molar refractivity (Wildman–Crippen MR) is 137 cm³/mol. The van der Waals surface area contributed by atoms with Crippen LogP contribution in [0, 0.1) is 0 Å². The molecule has 2 aliphatic heterocycles. The number of pyridine rings is 1. The van der Waals surface area contributed by atoms with Crippen molar-refractivity contribution in [3.05, 3.63) is 59.1 Å². The molecule has 3 aromatic heterocycles. The number of fused-ring (bicyclic) bond motifs is 2. The zero-order chi connectivity index (χ0) is 26.1. The van der Waals surface area contributed by atoms with Crippen LogP contribution in [0.4, 0.5) is 5.13 Å². The fraction of sp³-hybridized carbons (Fsp3) is 0.273. The number of carboxylic acid groups (broad SMARTS) is 1. The number of amides is 2. The van der Waals surface area contributed by atoms with E-state index in [4.69, 9.17) is 22.2 Å². The number of alkyl halides is 1. The maximum absolute atomic E-state index is 13.1. The SMILES string of the molecule is Nc1nc(/C(=N/OCCCl)C(=O)N[C@@H]2C(=O)N3C(C(=O)O)=C(C[n+]4ccn5ccccc54)CS[C@H]23)cs1. The minimum absolute atomic E-state index is 0.0614. The molecule has 192 valence electrons. The number of thiazole rings is 1. The Morgan fingerprint density at radius 1 is 1.38 bits per heavy atom. The van der Waals surface area contributed by atoms with Crippen molar-refractivity contribution in [2.45, 2.75) is 18.0 Å². The third kappa shape index (κ3) is 4.74. The van der Waals surface area contributed by atoms with Crippen LogP contribution < -0.4 is 15.6 Å². The van der Waals surface area contributed by atoms with E-state index in [0.717, 1.165) is 17.0 Å². The van der Waals surface area contributed by atoms with Gasteiger partial charge in [-0.3, -0.25) is 14.5 Å². The van der Waals surface area contributed by atoms with E-state index >= 15 is 0 Å². The first kappa shape index (κ1) is 25.0. The number of aliphatic carboxylic acids is 1. The van der Waals surface area contributed by atoms with Crippen LogP contribution in [0.3, 0.4) is 0 Å². The number of carbonyl (C=O) groups is 3. The van der Waals surface area contributed by atoms with Gasteiger partial charge in [-0.15, -0.1) is 34.7 Å². The third-order valence-corrected chi connectivity index (χ3v) is 7.94. The molecule has 0 bridgehead atoms. The van der Waals surface area contributed by atoms with Crippen molar-refractivity contribution in [2.75, 3.05) is 24.0 Å². The Bertz CT molecular complexity index is 1450.